The van der Waals surface area contributed by atoms with Crippen molar-refractivity contribution in [2.45, 2.75) is 48.8 Å². The number of benzene rings is 3. The van der Waals surface area contributed by atoms with Crippen LogP contribution in [-0.4, -0.2) is 35.1 Å². The van der Waals surface area contributed by atoms with Gasteiger partial charge in [-0.15, -0.1) is 0 Å². The molecule has 7 rings (SSSR count). The van der Waals surface area contributed by atoms with E-state index in [0.29, 0.717) is 11.4 Å². The van der Waals surface area contributed by atoms with Crippen molar-refractivity contribution in [3.63, 3.8) is 0 Å². The van der Waals surface area contributed by atoms with Gasteiger partial charge in [0.2, 0.25) is 5.91 Å². The van der Waals surface area contributed by atoms with E-state index in [1.807, 2.05) is 12.1 Å². The van der Waals surface area contributed by atoms with Crippen molar-refractivity contribution < 1.29 is 22.7 Å². The molecule has 0 unspecified atom stereocenters. The van der Waals surface area contributed by atoms with E-state index in [9.17, 15) is 13.2 Å². The van der Waals surface area contributed by atoms with E-state index < -0.39 is 22.5 Å². The van der Waals surface area contributed by atoms with Crippen LogP contribution in [0.5, 0.6) is 11.5 Å². The number of ether oxygens (including phenoxy) is 2. The monoisotopic (exact) mass is 560 g/mol. The molecule has 1 amide bonds. The Labute approximate surface area is 236 Å². The van der Waals surface area contributed by atoms with E-state index in [-0.39, 0.29) is 21.7 Å². The Hall–Kier alpha value is -3.52. The number of carbonyl (C=O) groups excluding carboxylic acids is 1. The van der Waals surface area contributed by atoms with E-state index in [2.05, 4.69) is 17.4 Å². The summed E-state index contributed by atoms with van der Waals surface area (Å²) in [4.78, 5) is 13.4. The van der Waals surface area contributed by atoms with Crippen LogP contribution in [-0.2, 0) is 20.2 Å². The Morgan fingerprint density at radius 3 is 2.08 bits per heavy atom. The Balaban J connectivity index is 1.24. The van der Waals surface area contributed by atoms with Crippen LogP contribution >= 0.6 is 0 Å². The number of rotatable bonds is 9. The Morgan fingerprint density at radius 2 is 1.50 bits per heavy atom. The SMILES string of the molecule is COc1ccc(N(CC(=O)Nc2ccc(C34CC5CC(CC(C5)C3)C4)cc2)S(=O)(=O)c2ccccc2)c(OC)c1. The summed E-state index contributed by atoms with van der Waals surface area (Å²) in [6, 6.07) is 21.1. The van der Waals surface area contributed by atoms with Gasteiger partial charge in [0.1, 0.15) is 18.0 Å². The van der Waals surface area contributed by atoms with Gasteiger partial charge in [0, 0.05) is 11.8 Å². The predicted molar refractivity (Wildman–Crippen MR) is 155 cm³/mol. The van der Waals surface area contributed by atoms with Gasteiger partial charge in [0.05, 0.1) is 24.8 Å². The minimum absolute atomic E-state index is 0.0839. The third-order valence-corrected chi connectivity index (χ3v) is 10.9. The van der Waals surface area contributed by atoms with Crippen molar-refractivity contribution in [1.82, 2.24) is 0 Å². The Morgan fingerprint density at radius 1 is 0.875 bits per heavy atom. The summed E-state index contributed by atoms with van der Waals surface area (Å²) in [5, 5.41) is 2.92. The Bertz CT molecular complexity index is 1450. The van der Waals surface area contributed by atoms with Gasteiger partial charge in [0.25, 0.3) is 10.0 Å². The quantitative estimate of drug-likeness (QED) is 0.347. The maximum Gasteiger partial charge on any atom is 0.264 e. The minimum Gasteiger partial charge on any atom is -0.497 e. The zero-order valence-electron chi connectivity index (χ0n) is 23.0. The molecule has 0 atom stereocenters. The molecule has 0 heterocycles. The highest BCUT2D eigenvalue weighted by Crippen LogP contribution is 2.60. The van der Waals surface area contributed by atoms with Crippen LogP contribution in [0.15, 0.2) is 77.7 Å². The normalized spacial score (nSPS) is 24.9. The zero-order valence-corrected chi connectivity index (χ0v) is 23.8. The lowest BCUT2D eigenvalue weighted by atomic mass is 9.48. The average Bonchev–Trinajstić information content (AvgIpc) is 2.95. The Kier molecular flexibility index (Phi) is 6.98. The van der Waals surface area contributed by atoms with Crippen molar-refractivity contribution in [2.75, 3.05) is 30.4 Å². The van der Waals surface area contributed by atoms with E-state index >= 15 is 0 Å². The molecule has 0 aliphatic heterocycles. The second-order valence-corrected chi connectivity index (χ2v) is 13.5. The maximum atomic E-state index is 13.8. The molecule has 40 heavy (non-hydrogen) atoms. The molecule has 7 nitrogen and oxygen atoms in total. The number of hydrogen-bond acceptors (Lipinski definition) is 5. The first-order valence-electron chi connectivity index (χ1n) is 14.0. The number of nitrogens with zero attached hydrogens (tertiary/aromatic N) is 1. The molecule has 210 valence electrons. The van der Waals surface area contributed by atoms with Gasteiger partial charge in [0.15, 0.2) is 0 Å². The number of nitrogens with one attached hydrogen (secondary N) is 1. The predicted octanol–water partition coefficient (Wildman–Crippen LogP) is 6.01. The second-order valence-electron chi connectivity index (χ2n) is 11.7. The van der Waals surface area contributed by atoms with Crippen LogP contribution in [0, 0.1) is 17.8 Å². The van der Waals surface area contributed by atoms with Crippen LogP contribution in [0.4, 0.5) is 11.4 Å². The molecule has 4 aliphatic rings. The number of hydrogen-bond donors (Lipinski definition) is 1. The molecule has 0 radical (unpaired) electrons. The average molecular weight is 561 g/mol. The van der Waals surface area contributed by atoms with E-state index in [4.69, 9.17) is 9.47 Å². The highest BCUT2D eigenvalue weighted by atomic mass is 32.2. The molecule has 4 aliphatic carbocycles. The summed E-state index contributed by atoms with van der Waals surface area (Å²) in [5.74, 6) is 2.93. The fourth-order valence-corrected chi connectivity index (χ4v) is 9.17. The first-order valence-corrected chi connectivity index (χ1v) is 15.4. The number of anilines is 2. The molecule has 8 heteroatoms. The van der Waals surface area contributed by atoms with Gasteiger partial charge in [-0.3, -0.25) is 9.10 Å². The minimum atomic E-state index is -4.07. The first kappa shape index (κ1) is 26.7. The van der Waals surface area contributed by atoms with Crippen molar-refractivity contribution in [3.05, 3.63) is 78.4 Å². The summed E-state index contributed by atoms with van der Waals surface area (Å²) >= 11 is 0. The van der Waals surface area contributed by atoms with Crippen LogP contribution < -0.4 is 19.1 Å². The highest BCUT2D eigenvalue weighted by Gasteiger charge is 2.51. The molecule has 1 N–H and O–H groups in total. The van der Waals surface area contributed by atoms with E-state index in [1.165, 1.54) is 70.4 Å². The lowest BCUT2D eigenvalue weighted by molar-refractivity contribution is -0.114. The molecular formula is C32H36N2O5S. The number of amides is 1. The van der Waals surface area contributed by atoms with Crippen molar-refractivity contribution in [1.29, 1.82) is 0 Å². The maximum absolute atomic E-state index is 13.8. The molecule has 0 saturated heterocycles. The molecule has 4 fully saturated rings. The fraction of sp³-hybridized carbons (Fsp3) is 0.406. The van der Waals surface area contributed by atoms with Gasteiger partial charge in [-0.05, 0) is 104 Å². The van der Waals surface area contributed by atoms with Gasteiger partial charge >= 0.3 is 0 Å². The van der Waals surface area contributed by atoms with Crippen LogP contribution in [0.1, 0.15) is 44.1 Å². The van der Waals surface area contributed by atoms with Gasteiger partial charge < -0.3 is 14.8 Å². The largest absolute Gasteiger partial charge is 0.497 e. The topological polar surface area (TPSA) is 84.9 Å². The van der Waals surface area contributed by atoms with Gasteiger partial charge in [-0.1, -0.05) is 30.3 Å². The lowest BCUT2D eigenvalue weighted by Gasteiger charge is -2.57. The van der Waals surface area contributed by atoms with E-state index in [1.54, 1.807) is 36.4 Å². The smallest absolute Gasteiger partial charge is 0.264 e. The summed E-state index contributed by atoms with van der Waals surface area (Å²) in [7, 11) is -1.10. The van der Waals surface area contributed by atoms with Crippen LogP contribution in [0.2, 0.25) is 0 Å². The summed E-state index contributed by atoms with van der Waals surface area (Å²) in [5.41, 5.74) is 2.56. The van der Waals surface area contributed by atoms with Gasteiger partial charge in [-0.2, -0.15) is 0 Å². The third kappa shape index (κ3) is 4.94. The number of sulfonamides is 1. The van der Waals surface area contributed by atoms with Crippen molar-refractivity contribution in [3.8, 4) is 11.5 Å². The summed E-state index contributed by atoms with van der Waals surface area (Å²) in [6.45, 7) is -0.420. The van der Waals surface area contributed by atoms with Crippen LogP contribution in [0.3, 0.4) is 0 Å². The summed E-state index contributed by atoms with van der Waals surface area (Å²) in [6.07, 6.45) is 8.03. The number of carbonyl (C=O) groups is 1. The molecule has 0 aromatic heterocycles. The zero-order chi connectivity index (χ0) is 27.9. The standard InChI is InChI=1S/C32H36N2O5S/c1-38-27-12-13-29(30(17-27)39-2)34(40(36,37)28-6-4-3-5-7-28)21-31(35)33-26-10-8-25(9-11-26)32-18-22-14-23(19-32)16-24(15-22)20-32/h3-13,17,22-24H,14-16,18-21H2,1-2H3,(H,33,35). The summed E-state index contributed by atoms with van der Waals surface area (Å²) < 4.78 is 39.4. The second kappa shape index (κ2) is 10.5. The van der Waals surface area contributed by atoms with Gasteiger partial charge in [-0.25, -0.2) is 8.42 Å². The fourth-order valence-electron chi connectivity index (χ4n) is 7.71. The molecular weight excluding hydrogens is 524 g/mol. The molecule has 3 aromatic carbocycles. The first-order chi connectivity index (χ1) is 19.3. The molecule has 4 saturated carbocycles. The van der Waals surface area contributed by atoms with E-state index in [0.717, 1.165) is 22.1 Å². The van der Waals surface area contributed by atoms with Crippen molar-refractivity contribution in [2.24, 2.45) is 17.8 Å². The van der Waals surface area contributed by atoms with Crippen LogP contribution in [0.25, 0.3) is 0 Å². The highest BCUT2D eigenvalue weighted by molar-refractivity contribution is 7.92. The molecule has 3 aromatic rings. The lowest BCUT2D eigenvalue weighted by Crippen LogP contribution is -2.48. The molecule has 4 bridgehead atoms. The van der Waals surface area contributed by atoms with Crippen molar-refractivity contribution >= 4 is 27.3 Å². The number of methoxy groups -OCH3 is 2. The molecule has 0 spiro atoms. The third-order valence-electron chi connectivity index (χ3n) is 9.09.